The van der Waals surface area contributed by atoms with Crippen molar-refractivity contribution in [3.05, 3.63) is 0 Å². The molecule has 3 atom stereocenters. The van der Waals surface area contributed by atoms with E-state index in [1.54, 1.807) is 11.9 Å². The van der Waals surface area contributed by atoms with Gasteiger partial charge in [0.25, 0.3) is 5.91 Å². The topological polar surface area (TPSA) is 84.7 Å². The first kappa shape index (κ1) is 17.2. The fraction of sp³-hybridized carbons (Fsp3) is 0.846. The van der Waals surface area contributed by atoms with Crippen LogP contribution in [-0.2, 0) is 14.3 Å². The predicted octanol–water partition coefficient (Wildman–Crippen LogP) is 0.0416. The number of amides is 2. The van der Waals surface area contributed by atoms with Gasteiger partial charge in [-0.1, -0.05) is 0 Å². The second kappa shape index (κ2) is 7.81. The van der Waals surface area contributed by atoms with Crippen molar-refractivity contribution in [3.63, 3.8) is 0 Å². The Labute approximate surface area is 125 Å². The molecule has 1 unspecified atom stereocenters. The first-order valence-electron chi connectivity index (χ1n) is 7.05. The molecule has 2 amide bonds. The monoisotopic (exact) mass is 305 g/mol. The lowest BCUT2D eigenvalue weighted by Crippen LogP contribution is -2.54. The van der Waals surface area contributed by atoms with Crippen LogP contribution in [0.4, 0.5) is 0 Å². The van der Waals surface area contributed by atoms with Gasteiger partial charge in [-0.05, 0) is 32.1 Å². The van der Waals surface area contributed by atoms with Crippen LogP contribution in [0.1, 0.15) is 32.1 Å². The van der Waals surface area contributed by atoms with Gasteiger partial charge in [0.15, 0.2) is 0 Å². The van der Waals surface area contributed by atoms with Crippen LogP contribution in [0.15, 0.2) is 0 Å². The van der Waals surface area contributed by atoms with Gasteiger partial charge >= 0.3 is 0 Å². The van der Waals surface area contributed by atoms with Crippen molar-refractivity contribution in [2.24, 2.45) is 5.73 Å². The van der Waals surface area contributed by atoms with Gasteiger partial charge in [0, 0.05) is 20.1 Å². The van der Waals surface area contributed by atoms with Crippen molar-refractivity contribution in [2.45, 2.75) is 50.4 Å². The average molecular weight is 306 g/mol. The highest BCUT2D eigenvalue weighted by Gasteiger charge is 2.38. The van der Waals surface area contributed by atoms with Crippen molar-refractivity contribution < 1.29 is 14.3 Å². The molecule has 2 fully saturated rings. The summed E-state index contributed by atoms with van der Waals surface area (Å²) in [5.74, 6) is -0.134. The minimum Gasteiger partial charge on any atom is -0.364 e. The van der Waals surface area contributed by atoms with Crippen LogP contribution in [0.3, 0.4) is 0 Å². The zero-order valence-corrected chi connectivity index (χ0v) is 12.7. The Morgan fingerprint density at radius 1 is 1.30 bits per heavy atom. The molecule has 0 bridgehead atoms. The van der Waals surface area contributed by atoms with Gasteiger partial charge in [-0.25, -0.2) is 0 Å². The van der Waals surface area contributed by atoms with Crippen LogP contribution in [0.5, 0.6) is 0 Å². The Hall–Kier alpha value is -0.850. The molecule has 2 saturated heterocycles. The van der Waals surface area contributed by atoms with Gasteiger partial charge in [0.1, 0.15) is 12.1 Å². The van der Waals surface area contributed by atoms with E-state index in [4.69, 9.17) is 10.5 Å². The first-order chi connectivity index (χ1) is 9.17. The number of carbonyl (C=O) groups excluding carboxylic acids is 2. The van der Waals surface area contributed by atoms with E-state index in [9.17, 15) is 9.59 Å². The third kappa shape index (κ3) is 3.62. The summed E-state index contributed by atoms with van der Waals surface area (Å²) in [6.45, 7) is 1.09. The van der Waals surface area contributed by atoms with Crippen molar-refractivity contribution in [1.29, 1.82) is 0 Å². The Kier molecular flexibility index (Phi) is 6.71. The summed E-state index contributed by atoms with van der Waals surface area (Å²) in [6.07, 6.45) is 3.77. The molecular formula is C13H24ClN3O3. The van der Waals surface area contributed by atoms with E-state index in [2.05, 4.69) is 5.32 Å². The first-order valence-corrected chi connectivity index (χ1v) is 7.05. The van der Waals surface area contributed by atoms with Crippen LogP contribution in [0, 0.1) is 0 Å². The molecule has 2 rings (SSSR count). The maximum atomic E-state index is 12.5. The lowest BCUT2D eigenvalue weighted by molar-refractivity contribution is -0.150. The van der Waals surface area contributed by atoms with Crippen molar-refractivity contribution in [3.8, 4) is 0 Å². The Morgan fingerprint density at radius 3 is 2.65 bits per heavy atom. The normalized spacial score (nSPS) is 29.7. The third-order valence-corrected chi connectivity index (χ3v) is 3.98. The second-order valence-electron chi connectivity index (χ2n) is 5.22. The van der Waals surface area contributed by atoms with Gasteiger partial charge < -0.3 is 20.7 Å². The highest BCUT2D eigenvalue weighted by Crippen LogP contribution is 2.24. The number of carbonyl (C=O) groups is 2. The number of rotatable bonds is 3. The molecule has 2 aliphatic rings. The van der Waals surface area contributed by atoms with Crippen LogP contribution in [0.2, 0.25) is 0 Å². The molecule has 3 N–H and O–H groups in total. The minimum absolute atomic E-state index is 0. The van der Waals surface area contributed by atoms with E-state index >= 15 is 0 Å². The Morgan fingerprint density at radius 2 is 2.05 bits per heavy atom. The Bertz CT molecular complexity index is 354. The molecule has 7 heteroatoms. The number of nitrogens with two attached hydrogens (primary N) is 1. The SMILES string of the molecule is CNC(=O)C1CCCCN1C(=O)[C@@H]1CC[C@H](CN)O1.Cl. The molecule has 2 heterocycles. The van der Waals surface area contributed by atoms with Crippen molar-refractivity contribution >= 4 is 24.2 Å². The van der Waals surface area contributed by atoms with Crippen LogP contribution in [0.25, 0.3) is 0 Å². The zero-order chi connectivity index (χ0) is 13.8. The molecule has 2 aliphatic heterocycles. The number of likely N-dealkylation sites (N-methyl/N-ethyl adjacent to an activating group) is 1. The van der Waals surface area contributed by atoms with E-state index in [0.29, 0.717) is 19.5 Å². The van der Waals surface area contributed by atoms with Crippen LogP contribution < -0.4 is 11.1 Å². The molecule has 20 heavy (non-hydrogen) atoms. The molecule has 0 radical (unpaired) electrons. The Balaban J connectivity index is 0.00000200. The standard InChI is InChI=1S/C13H23N3O3.ClH/c1-15-12(17)10-4-2-3-7-16(10)13(18)11-6-5-9(8-14)19-11;/h9-11H,2-8,14H2,1H3,(H,15,17);1H/t9-,10?,11+;/m1./s1. The number of nitrogens with one attached hydrogen (secondary N) is 1. The number of piperidine rings is 1. The molecule has 0 saturated carbocycles. The molecule has 0 aromatic heterocycles. The lowest BCUT2D eigenvalue weighted by Gasteiger charge is -2.35. The summed E-state index contributed by atoms with van der Waals surface area (Å²) < 4.78 is 5.64. The third-order valence-electron chi connectivity index (χ3n) is 3.98. The van der Waals surface area contributed by atoms with Gasteiger partial charge in [-0.15, -0.1) is 12.4 Å². The molecule has 0 spiro atoms. The van der Waals surface area contributed by atoms with Gasteiger partial charge in [-0.3, -0.25) is 9.59 Å². The summed E-state index contributed by atoms with van der Waals surface area (Å²) in [6, 6.07) is -0.341. The van der Waals surface area contributed by atoms with Gasteiger partial charge in [0.05, 0.1) is 6.10 Å². The smallest absolute Gasteiger partial charge is 0.252 e. The second-order valence-corrected chi connectivity index (χ2v) is 5.22. The van der Waals surface area contributed by atoms with E-state index < -0.39 is 6.10 Å². The fourth-order valence-corrected chi connectivity index (χ4v) is 2.88. The largest absolute Gasteiger partial charge is 0.364 e. The summed E-state index contributed by atoms with van der Waals surface area (Å²) in [5, 5.41) is 2.64. The zero-order valence-electron chi connectivity index (χ0n) is 11.8. The molecule has 116 valence electrons. The summed E-state index contributed by atoms with van der Waals surface area (Å²) >= 11 is 0. The fourth-order valence-electron chi connectivity index (χ4n) is 2.88. The summed E-state index contributed by atoms with van der Waals surface area (Å²) in [4.78, 5) is 26.0. The van der Waals surface area contributed by atoms with Crippen LogP contribution in [-0.4, -0.2) is 55.1 Å². The van der Waals surface area contributed by atoms with Gasteiger partial charge in [-0.2, -0.15) is 0 Å². The summed E-state index contributed by atoms with van der Waals surface area (Å²) in [5.41, 5.74) is 5.56. The number of hydrogen-bond donors (Lipinski definition) is 2. The number of hydrogen-bond acceptors (Lipinski definition) is 4. The molecule has 0 aliphatic carbocycles. The minimum atomic E-state index is -0.418. The quantitative estimate of drug-likeness (QED) is 0.771. The van der Waals surface area contributed by atoms with E-state index in [0.717, 1.165) is 25.7 Å². The highest BCUT2D eigenvalue weighted by molar-refractivity contribution is 5.89. The van der Waals surface area contributed by atoms with E-state index in [-0.39, 0.29) is 36.4 Å². The maximum Gasteiger partial charge on any atom is 0.252 e. The van der Waals surface area contributed by atoms with E-state index in [1.807, 2.05) is 0 Å². The van der Waals surface area contributed by atoms with Crippen molar-refractivity contribution in [2.75, 3.05) is 20.1 Å². The molecular weight excluding hydrogens is 282 g/mol. The van der Waals surface area contributed by atoms with Crippen LogP contribution >= 0.6 is 12.4 Å². The number of nitrogens with zero attached hydrogens (tertiary/aromatic N) is 1. The number of ether oxygens (including phenoxy) is 1. The number of likely N-dealkylation sites (tertiary alicyclic amines) is 1. The predicted molar refractivity (Wildman–Crippen MR) is 77.6 cm³/mol. The summed E-state index contributed by atoms with van der Waals surface area (Å²) in [7, 11) is 1.61. The lowest BCUT2D eigenvalue weighted by atomic mass is 10.00. The molecule has 6 nitrogen and oxygen atoms in total. The van der Waals surface area contributed by atoms with E-state index in [1.165, 1.54) is 0 Å². The molecule has 0 aromatic rings. The highest BCUT2D eigenvalue weighted by atomic mass is 35.5. The molecule has 0 aromatic carbocycles. The average Bonchev–Trinajstić information content (AvgIpc) is 2.94. The van der Waals surface area contributed by atoms with Crippen molar-refractivity contribution in [1.82, 2.24) is 10.2 Å². The maximum absolute atomic E-state index is 12.5. The van der Waals surface area contributed by atoms with Gasteiger partial charge in [0.2, 0.25) is 5.91 Å². The number of halogens is 1.